The quantitative estimate of drug-likeness (QED) is 0.399. The molecule has 0 heterocycles. The summed E-state index contributed by atoms with van der Waals surface area (Å²) in [4.78, 5) is 35.5. The van der Waals surface area contributed by atoms with E-state index in [1.54, 1.807) is 20.8 Å². The first kappa shape index (κ1) is 23.7. The minimum absolute atomic E-state index is 0.0324. The lowest BCUT2D eigenvalue weighted by molar-refractivity contribution is -0.150. The molecule has 0 spiro atoms. The molecule has 0 unspecified atom stereocenters. The topological polar surface area (TPSA) is 78.9 Å². The molecule has 0 amide bonds. The summed E-state index contributed by atoms with van der Waals surface area (Å²) in [5.74, 6) is -3.22. The number of carbonyl (C=O) groups excluding carboxylic acids is 3. The number of rotatable bonds is 11. The van der Waals surface area contributed by atoms with Gasteiger partial charge in [-0.25, -0.2) is 8.78 Å². The third kappa shape index (κ3) is 8.16. The molecule has 0 fully saturated rings. The molecule has 1 rings (SSSR count). The van der Waals surface area contributed by atoms with Gasteiger partial charge in [-0.15, -0.1) is 0 Å². The molecule has 0 saturated heterocycles. The molecule has 28 heavy (non-hydrogen) atoms. The largest absolute Gasteiger partial charge is 0.705 e. The lowest BCUT2D eigenvalue weighted by Crippen LogP contribution is -2.50. The fraction of sp³-hybridized carbons (Fsp3) is 0.526. The molecule has 0 aliphatic heterocycles. The van der Waals surface area contributed by atoms with Crippen molar-refractivity contribution in [2.24, 2.45) is 0 Å². The van der Waals surface area contributed by atoms with Crippen LogP contribution in [0.4, 0.5) is 8.78 Å². The van der Waals surface area contributed by atoms with Gasteiger partial charge in [0.1, 0.15) is 11.6 Å². The van der Waals surface area contributed by atoms with Gasteiger partial charge in [0.05, 0.1) is 6.04 Å². The van der Waals surface area contributed by atoms with Crippen LogP contribution in [0, 0.1) is 11.6 Å². The molecule has 0 aliphatic rings. The van der Waals surface area contributed by atoms with Crippen molar-refractivity contribution in [1.82, 2.24) is 0 Å². The van der Waals surface area contributed by atoms with Gasteiger partial charge < -0.3 is 13.3 Å². The molecule has 0 N–H and O–H groups in total. The number of carbonyl (C=O) groups is 3. The molecule has 0 atom stereocenters. The maximum Gasteiger partial charge on any atom is 0.705 e. The van der Waals surface area contributed by atoms with Crippen LogP contribution >= 0.6 is 0 Å². The first-order chi connectivity index (χ1) is 13.2. The number of hydrogen-bond acceptors (Lipinski definition) is 6. The SMILES string of the molecule is CCC(=O)O[Si](CCCCc1cc(F)cc(F)c1)(OC(=O)CC)OC(=O)CC. The Morgan fingerprint density at radius 3 is 1.61 bits per heavy atom. The minimum atomic E-state index is -3.90. The lowest BCUT2D eigenvalue weighted by Gasteiger charge is -2.27. The van der Waals surface area contributed by atoms with E-state index >= 15 is 0 Å². The number of aryl methyl sites for hydroxylation is 1. The van der Waals surface area contributed by atoms with Crippen LogP contribution in [0.25, 0.3) is 0 Å². The van der Waals surface area contributed by atoms with Gasteiger partial charge in [0.25, 0.3) is 17.9 Å². The van der Waals surface area contributed by atoms with Crippen LogP contribution in [-0.2, 0) is 34.1 Å². The molecule has 1 aromatic rings. The van der Waals surface area contributed by atoms with Crippen LogP contribution in [0.2, 0.25) is 6.04 Å². The summed E-state index contributed by atoms with van der Waals surface area (Å²) in [5.41, 5.74) is 0.478. The number of halogens is 2. The Morgan fingerprint density at radius 1 is 0.786 bits per heavy atom. The van der Waals surface area contributed by atoms with E-state index in [1.165, 1.54) is 12.1 Å². The standard InChI is InChI=1S/C19H26F2O6Si/c1-4-17(22)25-28(26-18(23)5-2,27-19(24)6-3)10-8-7-9-14-11-15(20)13-16(21)12-14/h11-13H,4-10H2,1-3H3. The molecule has 1 aromatic carbocycles. The van der Waals surface area contributed by atoms with Crippen molar-refractivity contribution >= 4 is 26.7 Å². The second kappa shape index (κ2) is 11.5. The lowest BCUT2D eigenvalue weighted by atomic mass is 10.1. The fourth-order valence-corrected chi connectivity index (χ4v) is 4.97. The van der Waals surface area contributed by atoms with Gasteiger partial charge in [-0.3, -0.25) is 14.4 Å². The van der Waals surface area contributed by atoms with Gasteiger partial charge in [0.15, 0.2) is 0 Å². The molecule has 0 aliphatic carbocycles. The fourth-order valence-electron chi connectivity index (χ4n) is 2.38. The smallest absolute Gasteiger partial charge is 0.455 e. The average Bonchev–Trinajstić information content (AvgIpc) is 2.64. The molecule has 6 nitrogen and oxygen atoms in total. The predicted octanol–water partition coefficient (Wildman–Crippen LogP) is 4.09. The highest BCUT2D eigenvalue weighted by molar-refractivity contribution is 6.65. The second-order valence-corrected chi connectivity index (χ2v) is 8.63. The van der Waals surface area contributed by atoms with Gasteiger partial charge in [0.2, 0.25) is 0 Å². The van der Waals surface area contributed by atoms with E-state index in [2.05, 4.69) is 0 Å². The first-order valence-corrected chi connectivity index (χ1v) is 11.3. The van der Waals surface area contributed by atoms with E-state index in [0.717, 1.165) is 6.07 Å². The van der Waals surface area contributed by atoms with Gasteiger partial charge in [-0.2, -0.15) is 0 Å². The zero-order valence-electron chi connectivity index (χ0n) is 16.4. The predicted molar refractivity (Wildman–Crippen MR) is 99.0 cm³/mol. The van der Waals surface area contributed by atoms with Crippen molar-refractivity contribution < 1.29 is 36.4 Å². The van der Waals surface area contributed by atoms with Crippen LogP contribution in [0.5, 0.6) is 0 Å². The highest BCUT2D eigenvalue weighted by atomic mass is 28.4. The van der Waals surface area contributed by atoms with Crippen LogP contribution in [-0.4, -0.2) is 26.7 Å². The summed E-state index contributed by atoms with van der Waals surface area (Å²) in [6.45, 7) is 4.72. The molecule has 156 valence electrons. The van der Waals surface area contributed by atoms with Crippen molar-refractivity contribution in [2.45, 2.75) is 65.3 Å². The third-order valence-electron chi connectivity index (χ3n) is 3.79. The molecule has 9 heteroatoms. The van der Waals surface area contributed by atoms with Crippen molar-refractivity contribution in [3.63, 3.8) is 0 Å². The van der Waals surface area contributed by atoms with E-state index in [0.29, 0.717) is 24.8 Å². The van der Waals surface area contributed by atoms with Crippen molar-refractivity contribution in [1.29, 1.82) is 0 Å². The maximum atomic E-state index is 13.3. The van der Waals surface area contributed by atoms with E-state index in [1.807, 2.05) is 0 Å². The van der Waals surface area contributed by atoms with Crippen LogP contribution in [0.1, 0.15) is 58.4 Å². The van der Waals surface area contributed by atoms with Crippen molar-refractivity contribution in [3.8, 4) is 0 Å². The van der Waals surface area contributed by atoms with E-state index in [9.17, 15) is 23.2 Å². The molecule has 0 radical (unpaired) electrons. The van der Waals surface area contributed by atoms with E-state index < -0.39 is 38.3 Å². The second-order valence-electron chi connectivity index (χ2n) is 6.15. The Labute approximate surface area is 164 Å². The van der Waals surface area contributed by atoms with E-state index in [4.69, 9.17) is 13.3 Å². The number of unbranched alkanes of at least 4 members (excludes halogenated alkanes) is 1. The summed E-state index contributed by atoms with van der Waals surface area (Å²) in [5, 5.41) is 0. The molecule has 0 saturated carbocycles. The van der Waals surface area contributed by atoms with Crippen LogP contribution in [0.3, 0.4) is 0 Å². The van der Waals surface area contributed by atoms with Gasteiger partial charge >= 0.3 is 8.80 Å². The summed E-state index contributed by atoms with van der Waals surface area (Å²) in [7, 11) is -3.90. The van der Waals surface area contributed by atoms with Crippen LogP contribution < -0.4 is 0 Å². The monoisotopic (exact) mass is 416 g/mol. The Morgan fingerprint density at radius 2 is 1.21 bits per heavy atom. The minimum Gasteiger partial charge on any atom is -0.455 e. The van der Waals surface area contributed by atoms with Crippen molar-refractivity contribution in [2.75, 3.05) is 0 Å². The third-order valence-corrected chi connectivity index (χ3v) is 6.38. The first-order valence-electron chi connectivity index (χ1n) is 9.34. The summed E-state index contributed by atoms with van der Waals surface area (Å²) in [6.07, 6.45) is 1.30. The molecule has 0 bridgehead atoms. The Hall–Kier alpha value is -2.29. The number of benzene rings is 1. The number of hydrogen-bond donors (Lipinski definition) is 0. The maximum absolute atomic E-state index is 13.3. The van der Waals surface area contributed by atoms with Crippen LogP contribution in [0.15, 0.2) is 18.2 Å². The highest BCUT2D eigenvalue weighted by Crippen LogP contribution is 2.23. The van der Waals surface area contributed by atoms with Gasteiger partial charge in [-0.1, -0.05) is 20.8 Å². The summed E-state index contributed by atoms with van der Waals surface area (Å²) in [6, 6.07) is 3.31. The molecule has 0 aromatic heterocycles. The Balaban J connectivity index is 2.86. The van der Waals surface area contributed by atoms with E-state index in [-0.39, 0.29) is 25.3 Å². The van der Waals surface area contributed by atoms with Gasteiger partial charge in [0, 0.05) is 25.3 Å². The summed E-state index contributed by atoms with van der Waals surface area (Å²) >= 11 is 0. The zero-order valence-corrected chi connectivity index (χ0v) is 17.4. The zero-order chi connectivity index (χ0) is 21.2. The van der Waals surface area contributed by atoms with Crippen molar-refractivity contribution in [3.05, 3.63) is 35.4 Å². The Kier molecular flexibility index (Phi) is 9.78. The average molecular weight is 416 g/mol. The summed E-state index contributed by atoms with van der Waals surface area (Å²) < 4.78 is 42.5. The highest BCUT2D eigenvalue weighted by Gasteiger charge is 2.52. The Bertz CT molecular complexity index is 629. The molecular weight excluding hydrogens is 390 g/mol. The normalized spacial score (nSPS) is 11.0. The molecular formula is C19H26F2O6Si. The van der Waals surface area contributed by atoms with Gasteiger partial charge in [-0.05, 0) is 37.0 Å².